The van der Waals surface area contributed by atoms with Crippen LogP contribution in [0.1, 0.15) is 29.3 Å². The zero-order valence-corrected chi connectivity index (χ0v) is 13.7. The Morgan fingerprint density at radius 2 is 2.14 bits per heavy atom. The monoisotopic (exact) mass is 306 g/mol. The van der Waals surface area contributed by atoms with Crippen molar-refractivity contribution in [3.8, 4) is 5.75 Å². The minimum absolute atomic E-state index is 0.0189. The maximum atomic E-state index is 12.3. The fourth-order valence-corrected chi connectivity index (χ4v) is 2.59. The fourth-order valence-electron chi connectivity index (χ4n) is 2.59. The topological polar surface area (TPSA) is 50.8 Å². The summed E-state index contributed by atoms with van der Waals surface area (Å²) in [5.41, 5.74) is 1.64. The third-order valence-electron chi connectivity index (χ3n) is 4.04. The van der Waals surface area contributed by atoms with E-state index in [0.717, 1.165) is 50.6 Å². The Labute approximate surface area is 132 Å². The molecule has 5 nitrogen and oxygen atoms in total. The largest absolute Gasteiger partial charge is 0.497 e. The van der Waals surface area contributed by atoms with Gasteiger partial charge in [0.05, 0.1) is 20.3 Å². The highest BCUT2D eigenvalue weighted by atomic mass is 16.5. The summed E-state index contributed by atoms with van der Waals surface area (Å²) in [6, 6.07) is 5.67. The number of hydrogen-bond donors (Lipinski definition) is 1. The van der Waals surface area contributed by atoms with Gasteiger partial charge in [-0.15, -0.1) is 0 Å². The van der Waals surface area contributed by atoms with Gasteiger partial charge in [-0.1, -0.05) is 0 Å². The summed E-state index contributed by atoms with van der Waals surface area (Å²) >= 11 is 0. The maximum absolute atomic E-state index is 12.3. The molecule has 0 bridgehead atoms. The van der Waals surface area contributed by atoms with Crippen molar-refractivity contribution in [3.63, 3.8) is 0 Å². The second-order valence-corrected chi connectivity index (χ2v) is 5.80. The Balaban J connectivity index is 1.82. The van der Waals surface area contributed by atoms with Gasteiger partial charge in [-0.05, 0) is 44.0 Å². The van der Waals surface area contributed by atoms with Gasteiger partial charge in [0.25, 0.3) is 5.91 Å². The highest BCUT2D eigenvalue weighted by molar-refractivity contribution is 5.95. The van der Waals surface area contributed by atoms with E-state index < -0.39 is 0 Å². The van der Waals surface area contributed by atoms with Crippen LogP contribution in [0.4, 0.5) is 0 Å². The Bertz CT molecular complexity index is 499. The molecule has 0 aromatic heterocycles. The molecule has 0 spiro atoms. The zero-order valence-electron chi connectivity index (χ0n) is 13.7. The second kappa shape index (κ2) is 8.15. The standard InChI is InChI=1S/C17H26N2O3/c1-13-12-15(21-3)4-5-16(13)17(20)18-14(2)6-7-19-8-10-22-11-9-19/h4-5,12,14H,6-11H2,1-3H3,(H,18,20). The van der Waals surface area contributed by atoms with Gasteiger partial charge in [0.15, 0.2) is 0 Å². The van der Waals surface area contributed by atoms with Crippen molar-refractivity contribution >= 4 is 5.91 Å². The molecule has 1 aliphatic heterocycles. The lowest BCUT2D eigenvalue weighted by atomic mass is 10.1. The summed E-state index contributed by atoms with van der Waals surface area (Å²) in [6.07, 6.45) is 0.945. The van der Waals surface area contributed by atoms with Crippen LogP contribution in [-0.2, 0) is 4.74 Å². The summed E-state index contributed by atoms with van der Waals surface area (Å²) < 4.78 is 10.5. The normalized spacial score (nSPS) is 17.0. The third kappa shape index (κ3) is 4.71. The number of benzene rings is 1. The molecule has 1 fully saturated rings. The van der Waals surface area contributed by atoms with E-state index in [4.69, 9.17) is 9.47 Å². The molecular formula is C17H26N2O3. The van der Waals surface area contributed by atoms with Crippen molar-refractivity contribution < 1.29 is 14.3 Å². The smallest absolute Gasteiger partial charge is 0.251 e. The highest BCUT2D eigenvalue weighted by Crippen LogP contribution is 2.17. The van der Waals surface area contributed by atoms with E-state index >= 15 is 0 Å². The number of amides is 1. The molecule has 1 aromatic carbocycles. The van der Waals surface area contributed by atoms with E-state index in [1.165, 1.54) is 0 Å². The van der Waals surface area contributed by atoms with Crippen LogP contribution in [0, 0.1) is 6.92 Å². The summed E-state index contributed by atoms with van der Waals surface area (Å²) in [7, 11) is 1.63. The van der Waals surface area contributed by atoms with Gasteiger partial charge in [-0.2, -0.15) is 0 Å². The number of carbonyl (C=O) groups excluding carboxylic acids is 1. The Kier molecular flexibility index (Phi) is 6.21. The minimum Gasteiger partial charge on any atom is -0.497 e. The molecule has 122 valence electrons. The molecule has 1 unspecified atom stereocenters. The molecule has 1 N–H and O–H groups in total. The van der Waals surface area contributed by atoms with Gasteiger partial charge in [-0.25, -0.2) is 0 Å². The zero-order chi connectivity index (χ0) is 15.9. The first kappa shape index (κ1) is 16.8. The molecule has 1 amide bonds. The first-order valence-electron chi connectivity index (χ1n) is 7.85. The second-order valence-electron chi connectivity index (χ2n) is 5.80. The van der Waals surface area contributed by atoms with Gasteiger partial charge in [0.2, 0.25) is 0 Å². The lowest BCUT2D eigenvalue weighted by Gasteiger charge is -2.27. The van der Waals surface area contributed by atoms with Gasteiger partial charge in [0.1, 0.15) is 5.75 Å². The van der Waals surface area contributed by atoms with Crippen LogP contribution in [0.5, 0.6) is 5.75 Å². The first-order chi connectivity index (χ1) is 10.6. The van der Waals surface area contributed by atoms with Crippen LogP contribution in [0.15, 0.2) is 18.2 Å². The van der Waals surface area contributed by atoms with E-state index in [0.29, 0.717) is 5.56 Å². The van der Waals surface area contributed by atoms with E-state index in [1.54, 1.807) is 7.11 Å². The molecule has 0 saturated carbocycles. The summed E-state index contributed by atoms with van der Waals surface area (Å²) in [5, 5.41) is 3.08. The van der Waals surface area contributed by atoms with Gasteiger partial charge >= 0.3 is 0 Å². The molecule has 2 rings (SSSR count). The molecule has 1 aliphatic rings. The van der Waals surface area contributed by atoms with E-state index in [9.17, 15) is 4.79 Å². The SMILES string of the molecule is COc1ccc(C(=O)NC(C)CCN2CCOCC2)c(C)c1. The summed E-state index contributed by atoms with van der Waals surface area (Å²) in [4.78, 5) is 14.7. The van der Waals surface area contributed by atoms with Crippen molar-refractivity contribution in [1.82, 2.24) is 10.2 Å². The van der Waals surface area contributed by atoms with Crippen LogP contribution >= 0.6 is 0 Å². The Morgan fingerprint density at radius 1 is 1.41 bits per heavy atom. The van der Waals surface area contributed by atoms with Crippen LogP contribution in [-0.4, -0.2) is 56.8 Å². The average molecular weight is 306 g/mol. The van der Waals surface area contributed by atoms with Crippen LogP contribution < -0.4 is 10.1 Å². The maximum Gasteiger partial charge on any atom is 0.251 e. The number of carbonyl (C=O) groups is 1. The summed E-state index contributed by atoms with van der Waals surface area (Å²) in [6.45, 7) is 8.56. The molecule has 1 heterocycles. The van der Waals surface area contributed by atoms with E-state index in [1.807, 2.05) is 25.1 Å². The van der Waals surface area contributed by atoms with Crippen molar-refractivity contribution in [3.05, 3.63) is 29.3 Å². The quantitative estimate of drug-likeness (QED) is 0.871. The van der Waals surface area contributed by atoms with Crippen LogP contribution in [0.2, 0.25) is 0 Å². The van der Waals surface area contributed by atoms with Crippen molar-refractivity contribution in [2.24, 2.45) is 0 Å². The predicted molar refractivity (Wildman–Crippen MR) is 86.5 cm³/mol. The van der Waals surface area contributed by atoms with Crippen molar-refractivity contribution in [2.75, 3.05) is 40.0 Å². The first-order valence-corrected chi connectivity index (χ1v) is 7.85. The summed E-state index contributed by atoms with van der Waals surface area (Å²) in [5.74, 6) is 0.754. The number of rotatable bonds is 6. The Morgan fingerprint density at radius 3 is 2.77 bits per heavy atom. The minimum atomic E-state index is -0.0189. The number of methoxy groups -OCH3 is 1. The number of aryl methyl sites for hydroxylation is 1. The lowest BCUT2D eigenvalue weighted by molar-refractivity contribution is 0.0363. The molecule has 1 atom stereocenters. The highest BCUT2D eigenvalue weighted by Gasteiger charge is 2.15. The number of hydrogen-bond acceptors (Lipinski definition) is 4. The molecule has 0 radical (unpaired) electrons. The van der Waals surface area contributed by atoms with Crippen LogP contribution in [0.25, 0.3) is 0 Å². The van der Waals surface area contributed by atoms with Gasteiger partial charge in [-0.3, -0.25) is 9.69 Å². The molecule has 22 heavy (non-hydrogen) atoms. The molecule has 1 aromatic rings. The van der Waals surface area contributed by atoms with Crippen molar-refractivity contribution in [1.29, 1.82) is 0 Å². The number of ether oxygens (including phenoxy) is 2. The lowest BCUT2D eigenvalue weighted by Crippen LogP contribution is -2.40. The number of morpholine rings is 1. The molecule has 1 saturated heterocycles. The molecule has 5 heteroatoms. The van der Waals surface area contributed by atoms with Gasteiger partial charge < -0.3 is 14.8 Å². The van der Waals surface area contributed by atoms with E-state index in [2.05, 4.69) is 17.1 Å². The molecule has 0 aliphatic carbocycles. The predicted octanol–water partition coefficient (Wildman–Crippen LogP) is 1.84. The number of nitrogens with zero attached hydrogens (tertiary/aromatic N) is 1. The third-order valence-corrected chi connectivity index (χ3v) is 4.04. The van der Waals surface area contributed by atoms with Gasteiger partial charge in [0, 0.05) is 31.2 Å². The fraction of sp³-hybridized carbons (Fsp3) is 0.588. The Hall–Kier alpha value is -1.59. The number of nitrogens with one attached hydrogen (secondary N) is 1. The van der Waals surface area contributed by atoms with Crippen molar-refractivity contribution in [2.45, 2.75) is 26.3 Å². The van der Waals surface area contributed by atoms with Crippen LogP contribution in [0.3, 0.4) is 0 Å². The molecular weight excluding hydrogens is 280 g/mol. The van der Waals surface area contributed by atoms with E-state index in [-0.39, 0.29) is 11.9 Å². The average Bonchev–Trinajstić information content (AvgIpc) is 2.53.